The number of rotatable bonds is 4. The lowest BCUT2D eigenvalue weighted by atomic mass is 9.66. The number of ether oxygens (including phenoxy) is 1. The van der Waals surface area contributed by atoms with Crippen LogP contribution in [-0.2, 0) is 10.2 Å². The Balaban J connectivity index is 2.15. The summed E-state index contributed by atoms with van der Waals surface area (Å²) in [5.41, 5.74) is 5.37. The number of carbonyl (C=O) groups is 1. The highest BCUT2D eigenvalue weighted by Crippen LogP contribution is 2.55. The molecule has 1 spiro atoms. The van der Waals surface area contributed by atoms with E-state index in [0.29, 0.717) is 6.61 Å². The molecule has 1 saturated carbocycles. The molecule has 3 heteroatoms. The number of nitrogens with zero attached hydrogens (tertiary/aromatic N) is 1. The van der Waals surface area contributed by atoms with Gasteiger partial charge in [-0.25, -0.2) is 4.79 Å². The first-order valence-corrected chi connectivity index (χ1v) is 9.39. The lowest BCUT2D eigenvalue weighted by Gasteiger charge is -2.38. The number of hydrogen-bond acceptors (Lipinski definition) is 2. The summed E-state index contributed by atoms with van der Waals surface area (Å²) in [7, 11) is 1.86. The first kappa shape index (κ1) is 17.1. The molecular formula is C21H29NO2. The molecule has 1 amide bonds. The van der Waals surface area contributed by atoms with Crippen LogP contribution < -0.4 is 0 Å². The van der Waals surface area contributed by atoms with Crippen molar-refractivity contribution in [1.82, 2.24) is 4.90 Å². The average Bonchev–Trinajstić information content (AvgIpc) is 2.86. The van der Waals surface area contributed by atoms with Gasteiger partial charge in [0.25, 0.3) is 0 Å². The zero-order chi connectivity index (χ0) is 17.2. The normalized spacial score (nSPS) is 18.6. The quantitative estimate of drug-likeness (QED) is 0.730. The number of fused-ring (bicyclic) bond motifs is 2. The van der Waals surface area contributed by atoms with E-state index < -0.39 is 0 Å². The van der Waals surface area contributed by atoms with Crippen LogP contribution in [0.15, 0.2) is 29.8 Å². The Kier molecular flexibility index (Phi) is 4.98. The zero-order valence-electron chi connectivity index (χ0n) is 15.2. The van der Waals surface area contributed by atoms with E-state index in [4.69, 9.17) is 4.74 Å². The van der Waals surface area contributed by atoms with E-state index in [1.165, 1.54) is 48.8 Å². The summed E-state index contributed by atoms with van der Waals surface area (Å²) in [5, 5.41) is 0. The summed E-state index contributed by atoms with van der Waals surface area (Å²) >= 11 is 0. The van der Waals surface area contributed by atoms with E-state index >= 15 is 0 Å². The molecule has 130 valence electrons. The lowest BCUT2D eigenvalue weighted by molar-refractivity contribution is 0.131. The van der Waals surface area contributed by atoms with Crippen LogP contribution in [0, 0.1) is 0 Å². The third kappa shape index (κ3) is 2.64. The van der Waals surface area contributed by atoms with Crippen LogP contribution >= 0.6 is 0 Å². The highest BCUT2D eigenvalue weighted by molar-refractivity contribution is 5.88. The van der Waals surface area contributed by atoms with Gasteiger partial charge in [0.1, 0.15) is 0 Å². The number of amides is 1. The molecule has 0 unspecified atom stereocenters. The van der Waals surface area contributed by atoms with E-state index in [1.807, 2.05) is 14.0 Å². The van der Waals surface area contributed by atoms with Gasteiger partial charge in [-0.05, 0) is 37.3 Å². The Hall–Kier alpha value is -1.77. The van der Waals surface area contributed by atoms with Gasteiger partial charge in [0, 0.05) is 18.0 Å². The molecule has 1 aromatic carbocycles. The molecule has 0 radical (unpaired) electrons. The Bertz CT molecular complexity index is 641. The van der Waals surface area contributed by atoms with E-state index in [9.17, 15) is 4.79 Å². The first-order valence-electron chi connectivity index (χ1n) is 9.39. The standard InChI is InChI=1S/C21H29NO2/c1-4-11-18-19(22(3)20(23)24-5-2)16-12-7-8-13-17(16)21(18)14-9-6-10-15-21/h7-8,12-13H,4-6,9-11,14-15H2,1-3H3. The summed E-state index contributed by atoms with van der Waals surface area (Å²) in [5.74, 6) is 0. The molecule has 0 aliphatic heterocycles. The van der Waals surface area contributed by atoms with Gasteiger partial charge in [0.05, 0.1) is 12.3 Å². The van der Waals surface area contributed by atoms with Gasteiger partial charge in [-0.1, -0.05) is 56.9 Å². The number of allylic oxidation sites excluding steroid dienone is 1. The van der Waals surface area contributed by atoms with Crippen LogP contribution in [-0.4, -0.2) is 24.6 Å². The monoisotopic (exact) mass is 327 g/mol. The van der Waals surface area contributed by atoms with Crippen molar-refractivity contribution < 1.29 is 9.53 Å². The molecule has 2 aliphatic rings. The maximum absolute atomic E-state index is 12.4. The molecule has 0 atom stereocenters. The van der Waals surface area contributed by atoms with E-state index in [2.05, 4.69) is 31.2 Å². The van der Waals surface area contributed by atoms with Gasteiger partial charge in [-0.15, -0.1) is 0 Å². The van der Waals surface area contributed by atoms with Crippen molar-refractivity contribution in [2.75, 3.05) is 13.7 Å². The van der Waals surface area contributed by atoms with Gasteiger partial charge in [-0.2, -0.15) is 0 Å². The molecule has 0 saturated heterocycles. The lowest BCUT2D eigenvalue weighted by Crippen LogP contribution is -2.31. The van der Waals surface area contributed by atoms with Crippen molar-refractivity contribution in [3.05, 3.63) is 41.0 Å². The van der Waals surface area contributed by atoms with Crippen LogP contribution in [0.3, 0.4) is 0 Å². The second kappa shape index (κ2) is 7.00. The Morgan fingerprint density at radius 2 is 1.88 bits per heavy atom. The van der Waals surface area contributed by atoms with Crippen molar-refractivity contribution in [1.29, 1.82) is 0 Å². The molecule has 0 aromatic heterocycles. The summed E-state index contributed by atoms with van der Waals surface area (Å²) < 4.78 is 5.29. The van der Waals surface area contributed by atoms with Gasteiger partial charge in [0.2, 0.25) is 0 Å². The summed E-state index contributed by atoms with van der Waals surface area (Å²) in [4.78, 5) is 14.2. The van der Waals surface area contributed by atoms with Crippen LogP contribution in [0.1, 0.15) is 69.9 Å². The maximum Gasteiger partial charge on any atom is 0.414 e. The van der Waals surface area contributed by atoms with Gasteiger partial charge >= 0.3 is 6.09 Å². The molecule has 2 aliphatic carbocycles. The summed E-state index contributed by atoms with van der Waals surface area (Å²) in [6.07, 6.45) is 8.20. The zero-order valence-corrected chi connectivity index (χ0v) is 15.2. The molecule has 0 bridgehead atoms. The fourth-order valence-electron chi connectivity index (χ4n) is 4.69. The summed E-state index contributed by atoms with van der Waals surface area (Å²) in [6.45, 7) is 4.50. The minimum Gasteiger partial charge on any atom is -0.449 e. The first-order chi connectivity index (χ1) is 11.7. The molecule has 1 fully saturated rings. The largest absolute Gasteiger partial charge is 0.449 e. The fraction of sp³-hybridized carbons (Fsp3) is 0.571. The molecule has 0 heterocycles. The van der Waals surface area contributed by atoms with Crippen LogP contribution in [0.2, 0.25) is 0 Å². The van der Waals surface area contributed by atoms with Gasteiger partial charge in [0.15, 0.2) is 0 Å². The highest BCUT2D eigenvalue weighted by atomic mass is 16.6. The Morgan fingerprint density at radius 1 is 1.17 bits per heavy atom. The molecule has 3 rings (SSSR count). The predicted octanol–water partition coefficient (Wildman–Crippen LogP) is 5.50. The van der Waals surface area contributed by atoms with Crippen molar-refractivity contribution >= 4 is 11.8 Å². The molecule has 0 N–H and O–H groups in total. The molecular weight excluding hydrogens is 298 g/mol. The second-order valence-corrected chi connectivity index (χ2v) is 7.02. The fourth-order valence-corrected chi connectivity index (χ4v) is 4.69. The SMILES string of the molecule is CCCC1=C(N(C)C(=O)OCC)c2ccccc2C12CCCCC2. The van der Waals surface area contributed by atoms with Crippen LogP contribution in [0.25, 0.3) is 5.70 Å². The van der Waals surface area contributed by atoms with Gasteiger partial charge < -0.3 is 4.74 Å². The topological polar surface area (TPSA) is 29.5 Å². The average molecular weight is 327 g/mol. The molecule has 24 heavy (non-hydrogen) atoms. The molecule has 3 nitrogen and oxygen atoms in total. The Morgan fingerprint density at radius 3 is 2.54 bits per heavy atom. The van der Waals surface area contributed by atoms with Crippen molar-refractivity contribution in [3.63, 3.8) is 0 Å². The highest BCUT2D eigenvalue weighted by Gasteiger charge is 2.46. The van der Waals surface area contributed by atoms with Crippen molar-refractivity contribution in [2.45, 2.75) is 64.2 Å². The van der Waals surface area contributed by atoms with Crippen molar-refractivity contribution in [2.24, 2.45) is 0 Å². The summed E-state index contributed by atoms with van der Waals surface area (Å²) in [6, 6.07) is 8.69. The van der Waals surface area contributed by atoms with Crippen LogP contribution in [0.4, 0.5) is 4.79 Å². The number of carbonyl (C=O) groups excluding carboxylic acids is 1. The number of benzene rings is 1. The third-order valence-electron chi connectivity index (χ3n) is 5.65. The van der Waals surface area contributed by atoms with E-state index in [0.717, 1.165) is 18.5 Å². The second-order valence-electron chi connectivity index (χ2n) is 7.02. The number of hydrogen-bond donors (Lipinski definition) is 0. The van der Waals surface area contributed by atoms with E-state index in [1.54, 1.807) is 4.90 Å². The van der Waals surface area contributed by atoms with Crippen molar-refractivity contribution in [3.8, 4) is 0 Å². The van der Waals surface area contributed by atoms with Crippen LogP contribution in [0.5, 0.6) is 0 Å². The predicted molar refractivity (Wildman–Crippen MR) is 97.8 cm³/mol. The smallest absolute Gasteiger partial charge is 0.414 e. The Labute approximate surface area is 145 Å². The maximum atomic E-state index is 12.4. The minimum absolute atomic E-state index is 0.140. The van der Waals surface area contributed by atoms with Gasteiger partial charge in [-0.3, -0.25) is 4.90 Å². The van der Waals surface area contributed by atoms with E-state index in [-0.39, 0.29) is 11.5 Å². The molecule has 1 aromatic rings. The third-order valence-corrected chi connectivity index (χ3v) is 5.65. The minimum atomic E-state index is -0.247.